The zero-order chi connectivity index (χ0) is 15.3. The van der Waals surface area contributed by atoms with Crippen molar-refractivity contribution in [2.75, 3.05) is 25.5 Å². The molecule has 2 aliphatic rings. The van der Waals surface area contributed by atoms with E-state index in [2.05, 4.69) is 60.3 Å². The molecule has 4 rings (SSSR count). The molecule has 0 aromatic heterocycles. The number of anilines is 2. The summed E-state index contributed by atoms with van der Waals surface area (Å²) >= 11 is 8.12. The summed E-state index contributed by atoms with van der Waals surface area (Å²) in [5.74, 6) is 0.734. The highest BCUT2D eigenvalue weighted by molar-refractivity contribution is 7.99. The summed E-state index contributed by atoms with van der Waals surface area (Å²) in [6.45, 7) is 1.15. The molecule has 0 N–H and O–H groups in total. The van der Waals surface area contributed by atoms with E-state index < -0.39 is 0 Å². The average molecular weight is 331 g/mol. The molecule has 2 nitrogen and oxygen atoms in total. The van der Waals surface area contributed by atoms with Crippen LogP contribution in [-0.4, -0.2) is 31.6 Å². The summed E-state index contributed by atoms with van der Waals surface area (Å²) in [7, 11) is 4.31. The third-order valence-electron chi connectivity index (χ3n) is 4.34. The fourth-order valence-electron chi connectivity index (χ4n) is 3.33. The van der Waals surface area contributed by atoms with Crippen LogP contribution in [0.3, 0.4) is 0 Å². The minimum atomic E-state index is 0.585. The van der Waals surface area contributed by atoms with Gasteiger partial charge in [0, 0.05) is 27.4 Å². The third-order valence-corrected chi connectivity index (χ3v) is 5.71. The van der Waals surface area contributed by atoms with Crippen LogP contribution in [-0.2, 0) is 0 Å². The number of rotatable bonds is 3. The Morgan fingerprint density at radius 2 is 1.91 bits per heavy atom. The van der Waals surface area contributed by atoms with Crippen LogP contribution in [0.5, 0.6) is 0 Å². The number of halogens is 1. The maximum Gasteiger partial charge on any atom is 0.0570 e. The first kappa shape index (κ1) is 14.4. The van der Waals surface area contributed by atoms with Crippen molar-refractivity contribution in [3.05, 3.63) is 47.5 Å². The highest BCUT2D eigenvalue weighted by Gasteiger charge is 2.44. The van der Waals surface area contributed by atoms with Gasteiger partial charge in [-0.25, -0.2) is 0 Å². The van der Waals surface area contributed by atoms with Gasteiger partial charge >= 0.3 is 0 Å². The number of fused-ring (bicyclic) bond motifs is 2. The summed E-state index contributed by atoms with van der Waals surface area (Å²) in [4.78, 5) is 7.45. The Morgan fingerprint density at radius 3 is 2.73 bits per heavy atom. The molecule has 2 atom stereocenters. The minimum absolute atomic E-state index is 0.585. The molecule has 0 bridgehead atoms. The van der Waals surface area contributed by atoms with Crippen molar-refractivity contribution < 1.29 is 0 Å². The Labute approximate surface area is 141 Å². The summed E-state index contributed by atoms with van der Waals surface area (Å²) in [6.07, 6.45) is 1.25. The molecule has 1 aliphatic heterocycles. The first-order valence-corrected chi connectivity index (χ1v) is 8.83. The van der Waals surface area contributed by atoms with Gasteiger partial charge in [-0.3, -0.25) is 0 Å². The molecular formula is C18H19ClN2S. The van der Waals surface area contributed by atoms with Gasteiger partial charge in [-0.2, -0.15) is 0 Å². The lowest BCUT2D eigenvalue weighted by molar-refractivity contribution is 0.385. The van der Waals surface area contributed by atoms with Gasteiger partial charge in [0.05, 0.1) is 11.4 Å². The summed E-state index contributed by atoms with van der Waals surface area (Å²) < 4.78 is 0. The molecule has 2 aromatic carbocycles. The lowest BCUT2D eigenvalue weighted by atomic mass is 10.2. The van der Waals surface area contributed by atoms with E-state index in [9.17, 15) is 0 Å². The van der Waals surface area contributed by atoms with Gasteiger partial charge in [0.25, 0.3) is 0 Å². The fourth-order valence-corrected chi connectivity index (χ4v) is 4.54. The van der Waals surface area contributed by atoms with Crippen molar-refractivity contribution in [2.24, 2.45) is 5.92 Å². The maximum absolute atomic E-state index is 6.27. The second kappa shape index (κ2) is 5.48. The van der Waals surface area contributed by atoms with Crippen molar-refractivity contribution in [2.45, 2.75) is 22.3 Å². The first-order valence-electron chi connectivity index (χ1n) is 7.64. The smallest absolute Gasteiger partial charge is 0.0570 e. The Hall–Kier alpha value is -1.16. The highest BCUT2D eigenvalue weighted by atomic mass is 35.5. The van der Waals surface area contributed by atoms with Crippen LogP contribution < -0.4 is 4.90 Å². The van der Waals surface area contributed by atoms with Crippen molar-refractivity contribution in [3.63, 3.8) is 0 Å². The van der Waals surface area contributed by atoms with E-state index in [4.69, 9.17) is 11.6 Å². The standard InChI is InChI=1S/C18H19ClN2S/c1-20(2)11-12-9-15(12)21-14-5-3-4-6-17(14)22-18-8-7-13(19)10-16(18)21/h3-8,10,12,15H,9,11H2,1-2H3/t12-,15+/m0/s1. The number of hydrogen-bond donors (Lipinski definition) is 0. The topological polar surface area (TPSA) is 6.48 Å². The van der Waals surface area contributed by atoms with E-state index in [0.29, 0.717) is 6.04 Å². The van der Waals surface area contributed by atoms with Gasteiger partial charge in [-0.05, 0) is 56.8 Å². The zero-order valence-corrected chi connectivity index (χ0v) is 14.4. The number of hydrogen-bond acceptors (Lipinski definition) is 3. The van der Waals surface area contributed by atoms with Crippen LogP contribution in [0, 0.1) is 5.92 Å². The van der Waals surface area contributed by atoms with E-state index in [1.165, 1.54) is 27.6 Å². The van der Waals surface area contributed by atoms with Crippen molar-refractivity contribution >= 4 is 34.7 Å². The number of benzene rings is 2. The highest BCUT2D eigenvalue weighted by Crippen LogP contribution is 2.54. The summed E-state index contributed by atoms with van der Waals surface area (Å²) in [5.41, 5.74) is 2.59. The molecule has 0 unspecified atom stereocenters. The molecule has 1 heterocycles. The predicted molar refractivity (Wildman–Crippen MR) is 94.6 cm³/mol. The Balaban J connectivity index is 1.75. The summed E-state index contributed by atoms with van der Waals surface area (Å²) in [5, 5.41) is 0.813. The SMILES string of the molecule is CN(C)C[C@@H]1C[C@H]1N1c2ccccc2Sc2ccc(Cl)cc21. The molecule has 0 amide bonds. The normalized spacial score (nSPS) is 22.5. The number of para-hydroxylation sites is 1. The zero-order valence-electron chi connectivity index (χ0n) is 12.8. The van der Waals surface area contributed by atoms with Crippen LogP contribution >= 0.6 is 23.4 Å². The van der Waals surface area contributed by atoms with E-state index >= 15 is 0 Å². The second-order valence-corrected chi connectivity index (χ2v) is 7.90. The van der Waals surface area contributed by atoms with Crippen LogP contribution in [0.1, 0.15) is 6.42 Å². The lowest BCUT2D eigenvalue weighted by Gasteiger charge is -2.33. The Bertz CT molecular complexity index is 716. The molecule has 1 aliphatic carbocycles. The van der Waals surface area contributed by atoms with Crippen LogP contribution in [0.15, 0.2) is 52.3 Å². The van der Waals surface area contributed by atoms with Gasteiger partial charge in [-0.1, -0.05) is 35.5 Å². The molecule has 2 aromatic rings. The fraction of sp³-hybridized carbons (Fsp3) is 0.333. The molecule has 0 radical (unpaired) electrons. The molecule has 4 heteroatoms. The van der Waals surface area contributed by atoms with E-state index in [0.717, 1.165) is 17.5 Å². The predicted octanol–water partition coefficient (Wildman–Crippen LogP) is 4.89. The molecule has 114 valence electrons. The van der Waals surface area contributed by atoms with Gasteiger partial charge in [0.15, 0.2) is 0 Å². The molecule has 1 saturated carbocycles. The van der Waals surface area contributed by atoms with Gasteiger partial charge < -0.3 is 9.80 Å². The average Bonchev–Trinajstić information content (AvgIpc) is 3.22. The van der Waals surface area contributed by atoms with E-state index in [1.54, 1.807) is 0 Å². The third kappa shape index (κ3) is 2.51. The van der Waals surface area contributed by atoms with Crippen molar-refractivity contribution in [1.82, 2.24) is 4.90 Å². The maximum atomic E-state index is 6.27. The van der Waals surface area contributed by atoms with Crippen LogP contribution in [0.4, 0.5) is 11.4 Å². The molecule has 0 spiro atoms. The quantitative estimate of drug-likeness (QED) is 0.791. The van der Waals surface area contributed by atoms with Crippen molar-refractivity contribution in [1.29, 1.82) is 0 Å². The lowest BCUT2D eigenvalue weighted by Crippen LogP contribution is -2.27. The van der Waals surface area contributed by atoms with E-state index in [1.807, 2.05) is 17.8 Å². The van der Waals surface area contributed by atoms with Gasteiger partial charge in [-0.15, -0.1) is 0 Å². The van der Waals surface area contributed by atoms with Gasteiger partial charge in [0.1, 0.15) is 0 Å². The van der Waals surface area contributed by atoms with Gasteiger partial charge in [0.2, 0.25) is 0 Å². The number of nitrogens with zero attached hydrogens (tertiary/aromatic N) is 2. The van der Waals surface area contributed by atoms with Crippen LogP contribution in [0.25, 0.3) is 0 Å². The molecule has 1 fully saturated rings. The monoisotopic (exact) mass is 330 g/mol. The minimum Gasteiger partial charge on any atom is -0.336 e. The Morgan fingerprint density at radius 1 is 1.14 bits per heavy atom. The van der Waals surface area contributed by atoms with Crippen molar-refractivity contribution in [3.8, 4) is 0 Å². The molecular weight excluding hydrogens is 312 g/mol. The second-order valence-electron chi connectivity index (χ2n) is 6.38. The largest absolute Gasteiger partial charge is 0.336 e. The first-order chi connectivity index (χ1) is 10.6. The molecule has 22 heavy (non-hydrogen) atoms. The summed E-state index contributed by atoms with van der Waals surface area (Å²) in [6, 6.07) is 15.5. The van der Waals surface area contributed by atoms with Crippen LogP contribution in [0.2, 0.25) is 5.02 Å². The Kier molecular flexibility index (Phi) is 3.60. The molecule has 0 saturated heterocycles. The van der Waals surface area contributed by atoms with E-state index in [-0.39, 0.29) is 0 Å².